The average molecular weight is 308 g/mol. The summed E-state index contributed by atoms with van der Waals surface area (Å²) in [4.78, 5) is 8.41. The largest absolute Gasteiger partial charge is 0.355 e. The summed E-state index contributed by atoms with van der Waals surface area (Å²) < 4.78 is 0. The van der Waals surface area contributed by atoms with Gasteiger partial charge >= 0.3 is 0 Å². The maximum absolute atomic E-state index is 4.30. The van der Waals surface area contributed by atoms with Crippen LogP contribution in [0.5, 0.6) is 0 Å². The number of aliphatic imine (C=N–C) groups is 1. The summed E-state index contributed by atoms with van der Waals surface area (Å²) >= 11 is 1.90. The van der Waals surface area contributed by atoms with Gasteiger partial charge in [-0.1, -0.05) is 0 Å². The number of hydrogen-bond acceptors (Lipinski definition) is 3. The molecule has 1 aliphatic heterocycles. The van der Waals surface area contributed by atoms with Gasteiger partial charge in [-0.05, 0) is 51.1 Å². The molecule has 1 aromatic heterocycles. The lowest BCUT2D eigenvalue weighted by molar-refractivity contribution is 0.192. The monoisotopic (exact) mass is 308 g/mol. The van der Waals surface area contributed by atoms with Crippen LogP contribution in [0.2, 0.25) is 0 Å². The molecule has 21 heavy (non-hydrogen) atoms. The molecule has 0 saturated carbocycles. The second-order valence-corrected chi connectivity index (χ2v) is 7.77. The minimum atomic E-state index is 0.0295. The van der Waals surface area contributed by atoms with Gasteiger partial charge in [-0.15, -0.1) is 11.3 Å². The van der Waals surface area contributed by atoms with E-state index in [2.05, 4.69) is 59.7 Å². The lowest BCUT2D eigenvalue weighted by atomic mass is 10.1. The van der Waals surface area contributed by atoms with E-state index >= 15 is 0 Å². The molecular weight excluding hydrogens is 280 g/mol. The first-order valence-electron chi connectivity index (χ1n) is 7.67. The van der Waals surface area contributed by atoms with Crippen LogP contribution in [0.25, 0.3) is 0 Å². The number of nitrogens with zero attached hydrogens (tertiary/aromatic N) is 2. The van der Waals surface area contributed by atoms with Crippen molar-refractivity contribution in [2.75, 3.05) is 20.1 Å². The molecule has 1 aromatic rings. The molecule has 2 heterocycles. The van der Waals surface area contributed by atoms with E-state index in [-0.39, 0.29) is 5.54 Å². The Bertz CT molecular complexity index is 487. The lowest BCUT2D eigenvalue weighted by Gasteiger charge is -2.33. The number of guanidine groups is 1. The Kier molecular flexibility index (Phi) is 5.27. The van der Waals surface area contributed by atoms with Gasteiger partial charge in [-0.2, -0.15) is 0 Å². The van der Waals surface area contributed by atoms with Crippen molar-refractivity contribution >= 4 is 17.3 Å². The van der Waals surface area contributed by atoms with Crippen molar-refractivity contribution in [1.82, 2.24) is 15.5 Å². The summed E-state index contributed by atoms with van der Waals surface area (Å²) in [5, 5.41) is 9.05. The van der Waals surface area contributed by atoms with Crippen LogP contribution in [-0.2, 0) is 13.0 Å². The summed E-state index contributed by atoms with van der Waals surface area (Å²) in [6.45, 7) is 11.9. The van der Waals surface area contributed by atoms with Gasteiger partial charge in [0.15, 0.2) is 5.96 Å². The Morgan fingerprint density at radius 2 is 2.24 bits per heavy atom. The van der Waals surface area contributed by atoms with Gasteiger partial charge in [0.1, 0.15) is 0 Å². The van der Waals surface area contributed by atoms with Gasteiger partial charge in [0, 0.05) is 43.1 Å². The predicted molar refractivity (Wildman–Crippen MR) is 92.1 cm³/mol. The van der Waals surface area contributed by atoms with Crippen molar-refractivity contribution < 1.29 is 0 Å². The Balaban J connectivity index is 1.84. The molecule has 2 rings (SSSR count). The highest BCUT2D eigenvalue weighted by atomic mass is 32.1. The zero-order valence-electron chi connectivity index (χ0n) is 13.9. The molecule has 2 N–H and O–H groups in total. The molecule has 0 aliphatic carbocycles. The zero-order valence-corrected chi connectivity index (χ0v) is 14.7. The van der Waals surface area contributed by atoms with Crippen LogP contribution in [0.3, 0.4) is 0 Å². The molecule has 5 heteroatoms. The highest BCUT2D eigenvalue weighted by Crippen LogP contribution is 2.24. The van der Waals surface area contributed by atoms with Crippen molar-refractivity contribution in [3.05, 3.63) is 21.9 Å². The van der Waals surface area contributed by atoms with Crippen molar-refractivity contribution in [3.8, 4) is 0 Å². The molecule has 0 fully saturated rings. The third-order valence-electron chi connectivity index (χ3n) is 3.74. The maximum atomic E-state index is 4.30. The molecule has 1 aliphatic rings. The number of thiophene rings is 1. The van der Waals surface area contributed by atoms with Crippen LogP contribution in [0.1, 0.15) is 38.1 Å². The second kappa shape index (κ2) is 6.79. The van der Waals surface area contributed by atoms with Crippen LogP contribution >= 0.6 is 11.3 Å². The summed E-state index contributed by atoms with van der Waals surface area (Å²) in [5.41, 5.74) is 1.54. The molecule has 0 saturated heterocycles. The Morgan fingerprint density at radius 1 is 1.48 bits per heavy atom. The van der Waals surface area contributed by atoms with Gasteiger partial charge in [-0.3, -0.25) is 9.89 Å². The van der Waals surface area contributed by atoms with E-state index in [9.17, 15) is 0 Å². The van der Waals surface area contributed by atoms with E-state index in [0.29, 0.717) is 6.04 Å². The second-order valence-electron chi connectivity index (χ2n) is 6.77. The molecule has 1 unspecified atom stereocenters. The first-order valence-corrected chi connectivity index (χ1v) is 8.55. The lowest BCUT2D eigenvalue weighted by Crippen LogP contribution is -2.51. The highest BCUT2D eigenvalue weighted by Gasteiger charge is 2.21. The van der Waals surface area contributed by atoms with Gasteiger partial charge in [0.2, 0.25) is 0 Å². The normalized spacial score (nSPS) is 18.2. The van der Waals surface area contributed by atoms with E-state index < -0.39 is 0 Å². The topological polar surface area (TPSA) is 39.7 Å². The van der Waals surface area contributed by atoms with Crippen LogP contribution in [-0.4, -0.2) is 42.6 Å². The Morgan fingerprint density at radius 3 is 2.90 bits per heavy atom. The van der Waals surface area contributed by atoms with Gasteiger partial charge in [0.25, 0.3) is 0 Å². The highest BCUT2D eigenvalue weighted by molar-refractivity contribution is 7.10. The molecule has 0 spiro atoms. The van der Waals surface area contributed by atoms with Crippen molar-refractivity contribution in [1.29, 1.82) is 0 Å². The van der Waals surface area contributed by atoms with Crippen LogP contribution in [0.4, 0.5) is 0 Å². The van der Waals surface area contributed by atoms with Gasteiger partial charge in [0.05, 0.1) is 0 Å². The fourth-order valence-corrected chi connectivity index (χ4v) is 3.44. The van der Waals surface area contributed by atoms with E-state index in [4.69, 9.17) is 0 Å². The first-order chi connectivity index (χ1) is 9.89. The van der Waals surface area contributed by atoms with Crippen molar-refractivity contribution in [3.63, 3.8) is 0 Å². The summed E-state index contributed by atoms with van der Waals surface area (Å²) in [6, 6.07) is 2.77. The molecular formula is C16H28N4S. The van der Waals surface area contributed by atoms with E-state index in [1.807, 2.05) is 18.4 Å². The molecule has 1 atom stereocenters. The SMILES string of the molecule is CN=C(NCC(C)N1CCc2sccc2C1)NC(C)(C)C. The smallest absolute Gasteiger partial charge is 0.191 e. The quantitative estimate of drug-likeness (QED) is 0.665. The van der Waals surface area contributed by atoms with Crippen molar-refractivity contribution in [2.24, 2.45) is 4.99 Å². The van der Waals surface area contributed by atoms with Crippen LogP contribution < -0.4 is 10.6 Å². The summed E-state index contributed by atoms with van der Waals surface area (Å²) in [7, 11) is 1.82. The molecule has 0 bridgehead atoms. The van der Waals surface area contributed by atoms with Gasteiger partial charge < -0.3 is 10.6 Å². The standard InChI is InChI=1S/C16H28N4S/c1-12(10-18-15(17-5)19-16(2,3)4)20-8-6-14-13(11-20)7-9-21-14/h7,9,12H,6,8,10-11H2,1-5H3,(H2,17,18,19). The van der Waals surface area contributed by atoms with E-state index in [0.717, 1.165) is 25.6 Å². The minimum absolute atomic E-state index is 0.0295. The fraction of sp³-hybridized carbons (Fsp3) is 0.688. The molecule has 0 aromatic carbocycles. The first kappa shape index (κ1) is 16.3. The zero-order chi connectivity index (χ0) is 15.5. The average Bonchev–Trinajstić information content (AvgIpc) is 2.89. The van der Waals surface area contributed by atoms with Crippen LogP contribution in [0, 0.1) is 0 Å². The number of fused-ring (bicyclic) bond motifs is 1. The summed E-state index contributed by atoms with van der Waals surface area (Å²) in [5.74, 6) is 0.877. The van der Waals surface area contributed by atoms with E-state index in [1.54, 1.807) is 4.88 Å². The summed E-state index contributed by atoms with van der Waals surface area (Å²) in [6.07, 6.45) is 1.19. The third-order valence-corrected chi connectivity index (χ3v) is 4.77. The maximum Gasteiger partial charge on any atom is 0.191 e. The molecule has 4 nitrogen and oxygen atoms in total. The predicted octanol–water partition coefficient (Wildman–Crippen LogP) is 2.46. The third kappa shape index (κ3) is 4.71. The Labute approximate surface area is 132 Å². The molecule has 118 valence electrons. The fourth-order valence-electron chi connectivity index (χ4n) is 2.55. The molecule has 0 amide bonds. The number of hydrogen-bond donors (Lipinski definition) is 2. The number of rotatable bonds is 3. The van der Waals surface area contributed by atoms with Gasteiger partial charge in [-0.25, -0.2) is 0 Å². The van der Waals surface area contributed by atoms with Crippen molar-refractivity contribution in [2.45, 2.75) is 52.2 Å². The van der Waals surface area contributed by atoms with Crippen LogP contribution in [0.15, 0.2) is 16.4 Å². The van der Waals surface area contributed by atoms with E-state index in [1.165, 1.54) is 12.0 Å². The minimum Gasteiger partial charge on any atom is -0.355 e. The Hall–Kier alpha value is -1.07. The number of nitrogens with one attached hydrogen (secondary N) is 2. The molecule has 0 radical (unpaired) electrons.